The van der Waals surface area contributed by atoms with Crippen LogP contribution in [0.5, 0.6) is 5.75 Å². The Balaban J connectivity index is 1.78. The number of nitrogens with one attached hydrogen (secondary N) is 1. The number of carbonyl (C=O) groups excluding carboxylic acids is 1. The number of benzene rings is 1. The van der Waals surface area contributed by atoms with Crippen LogP contribution in [0.25, 0.3) is 10.9 Å². The number of ether oxygens (including phenoxy) is 1. The number of piperidine rings is 2. The van der Waals surface area contributed by atoms with E-state index in [9.17, 15) is 4.79 Å². The molecule has 1 saturated carbocycles. The smallest absolute Gasteiger partial charge is 0.143 e. The minimum absolute atomic E-state index is 0.344. The van der Waals surface area contributed by atoms with Gasteiger partial charge in [-0.1, -0.05) is 13.3 Å². The predicted octanol–water partition coefficient (Wildman–Crippen LogP) is 3.68. The maximum Gasteiger partial charge on any atom is 0.143 e. The van der Waals surface area contributed by atoms with E-state index in [0.717, 1.165) is 37.1 Å². The zero-order chi connectivity index (χ0) is 18.1. The molecule has 5 unspecified atom stereocenters. The van der Waals surface area contributed by atoms with Gasteiger partial charge in [0.2, 0.25) is 0 Å². The molecule has 3 fully saturated rings. The molecule has 5 atom stereocenters. The van der Waals surface area contributed by atoms with E-state index >= 15 is 0 Å². The number of Topliss-reactive ketones (excluding diaryl/α,β-unsaturated/α-hetero) is 1. The van der Waals surface area contributed by atoms with Crippen molar-refractivity contribution in [1.82, 2.24) is 9.88 Å². The van der Waals surface area contributed by atoms with E-state index in [1.54, 1.807) is 7.11 Å². The van der Waals surface area contributed by atoms with E-state index in [1.165, 1.54) is 29.6 Å². The number of aromatic amines is 1. The second-order valence-electron chi connectivity index (χ2n) is 8.58. The molecule has 1 aromatic heterocycles. The number of H-pyrrole nitrogens is 1. The van der Waals surface area contributed by atoms with Gasteiger partial charge in [0, 0.05) is 35.7 Å². The molecule has 26 heavy (non-hydrogen) atoms. The zero-order valence-electron chi connectivity index (χ0n) is 16.0. The molecule has 4 heteroatoms. The number of nitrogens with zero attached hydrogens (tertiary/aromatic N) is 1. The zero-order valence-corrected chi connectivity index (χ0v) is 16.0. The van der Waals surface area contributed by atoms with Crippen LogP contribution >= 0.6 is 0 Å². The van der Waals surface area contributed by atoms with Gasteiger partial charge in [0.05, 0.1) is 12.5 Å². The SMILES string of the molecule is CCC1CC2CN3CCc4c([nH]c5ccc(OC)cc45)C(C(C)=O)(C2)C13. The van der Waals surface area contributed by atoms with Gasteiger partial charge in [-0.25, -0.2) is 0 Å². The first kappa shape index (κ1) is 16.4. The van der Waals surface area contributed by atoms with Crippen LogP contribution in [0.15, 0.2) is 18.2 Å². The molecule has 4 aliphatic rings. The monoisotopic (exact) mass is 352 g/mol. The van der Waals surface area contributed by atoms with Gasteiger partial charge in [-0.2, -0.15) is 0 Å². The quantitative estimate of drug-likeness (QED) is 0.916. The first-order chi connectivity index (χ1) is 12.6. The number of rotatable bonds is 3. The van der Waals surface area contributed by atoms with E-state index in [2.05, 4.69) is 28.9 Å². The first-order valence-electron chi connectivity index (χ1n) is 10.0. The topological polar surface area (TPSA) is 45.3 Å². The lowest BCUT2D eigenvalue weighted by molar-refractivity contribution is -0.136. The van der Waals surface area contributed by atoms with Crippen molar-refractivity contribution in [3.05, 3.63) is 29.5 Å². The van der Waals surface area contributed by atoms with Crippen LogP contribution in [0, 0.1) is 11.8 Å². The number of methoxy groups -OCH3 is 1. The number of ketones is 1. The van der Waals surface area contributed by atoms with Crippen LogP contribution in [-0.4, -0.2) is 41.9 Å². The molecule has 2 aromatic rings. The van der Waals surface area contributed by atoms with E-state index < -0.39 is 0 Å². The summed E-state index contributed by atoms with van der Waals surface area (Å²) in [5, 5.41) is 1.23. The summed E-state index contributed by atoms with van der Waals surface area (Å²) >= 11 is 0. The van der Waals surface area contributed by atoms with Gasteiger partial charge in [-0.3, -0.25) is 9.69 Å². The standard InChI is InChI=1S/C22H28N2O2/c1-4-15-9-14-11-22(13(2)25)20-17(7-8-24(12-14)21(15)22)18-10-16(26-3)5-6-19(18)23-20/h5-6,10,14-15,21,23H,4,7-9,11-12H2,1-3H3. The third-order valence-electron chi connectivity index (χ3n) is 7.45. The van der Waals surface area contributed by atoms with Gasteiger partial charge in [-0.15, -0.1) is 0 Å². The Bertz CT molecular complexity index is 886. The van der Waals surface area contributed by atoms with Crippen LogP contribution in [0.3, 0.4) is 0 Å². The summed E-state index contributed by atoms with van der Waals surface area (Å²) in [4.78, 5) is 19.6. The number of aromatic nitrogens is 1. The fourth-order valence-corrected chi connectivity index (χ4v) is 6.46. The highest BCUT2D eigenvalue weighted by atomic mass is 16.5. The average molecular weight is 352 g/mol. The molecule has 3 aliphatic heterocycles. The highest BCUT2D eigenvalue weighted by Gasteiger charge is 2.60. The molecule has 0 amide bonds. The van der Waals surface area contributed by atoms with Crippen LogP contribution in [0.2, 0.25) is 0 Å². The van der Waals surface area contributed by atoms with E-state index in [-0.39, 0.29) is 5.41 Å². The molecule has 0 radical (unpaired) electrons. The minimum Gasteiger partial charge on any atom is -0.497 e. The first-order valence-corrected chi connectivity index (χ1v) is 10.0. The highest BCUT2D eigenvalue weighted by molar-refractivity contribution is 5.94. The van der Waals surface area contributed by atoms with Crippen LogP contribution < -0.4 is 4.74 Å². The van der Waals surface area contributed by atoms with Crippen molar-refractivity contribution in [3.63, 3.8) is 0 Å². The van der Waals surface area contributed by atoms with Crippen molar-refractivity contribution >= 4 is 16.7 Å². The Hall–Kier alpha value is -1.81. The maximum absolute atomic E-state index is 13.2. The third kappa shape index (κ3) is 1.97. The number of fused-ring (bicyclic) bond motifs is 4. The number of hydrogen-bond acceptors (Lipinski definition) is 3. The maximum atomic E-state index is 13.2. The number of hydrogen-bond donors (Lipinski definition) is 1. The summed E-state index contributed by atoms with van der Waals surface area (Å²) in [6.45, 7) is 6.35. The molecular formula is C22H28N2O2. The van der Waals surface area contributed by atoms with Crippen molar-refractivity contribution in [2.24, 2.45) is 11.8 Å². The molecule has 0 spiro atoms. The summed E-state index contributed by atoms with van der Waals surface area (Å²) in [6.07, 6.45) is 4.47. The Morgan fingerprint density at radius 3 is 3.00 bits per heavy atom. The Kier molecular flexibility index (Phi) is 3.52. The molecule has 6 rings (SSSR count). The molecule has 138 valence electrons. The third-order valence-corrected chi connectivity index (χ3v) is 7.45. The second-order valence-corrected chi connectivity index (χ2v) is 8.58. The highest BCUT2D eigenvalue weighted by Crippen LogP contribution is 2.55. The minimum atomic E-state index is -0.361. The average Bonchev–Trinajstić information content (AvgIpc) is 2.99. The molecule has 4 heterocycles. The lowest BCUT2D eigenvalue weighted by Crippen LogP contribution is -2.66. The van der Waals surface area contributed by atoms with E-state index in [1.807, 2.05) is 13.0 Å². The molecule has 2 saturated heterocycles. The van der Waals surface area contributed by atoms with Crippen LogP contribution in [0.1, 0.15) is 44.4 Å². The molecule has 4 bridgehead atoms. The van der Waals surface area contributed by atoms with Crippen LogP contribution in [0.4, 0.5) is 0 Å². The molecule has 1 aromatic carbocycles. The Morgan fingerprint density at radius 2 is 2.27 bits per heavy atom. The van der Waals surface area contributed by atoms with Gasteiger partial charge < -0.3 is 9.72 Å². The molecule has 4 nitrogen and oxygen atoms in total. The van der Waals surface area contributed by atoms with Crippen LogP contribution in [-0.2, 0) is 16.6 Å². The van der Waals surface area contributed by atoms with Gasteiger partial charge in [-0.05, 0) is 61.8 Å². The fourth-order valence-electron chi connectivity index (χ4n) is 6.46. The molecule has 1 N–H and O–H groups in total. The van der Waals surface area contributed by atoms with E-state index in [0.29, 0.717) is 23.7 Å². The van der Waals surface area contributed by atoms with E-state index in [4.69, 9.17) is 4.74 Å². The van der Waals surface area contributed by atoms with Crippen molar-refractivity contribution in [3.8, 4) is 5.75 Å². The normalized spacial score (nSPS) is 35.2. The lowest BCUT2D eigenvalue weighted by Gasteiger charge is -2.58. The second kappa shape index (κ2) is 5.59. The summed E-state index contributed by atoms with van der Waals surface area (Å²) in [7, 11) is 1.72. The summed E-state index contributed by atoms with van der Waals surface area (Å²) in [5.74, 6) is 2.49. The van der Waals surface area contributed by atoms with Crippen molar-refractivity contribution < 1.29 is 9.53 Å². The van der Waals surface area contributed by atoms with Crippen molar-refractivity contribution in [2.45, 2.75) is 51.0 Å². The number of carbonyl (C=O) groups is 1. The Morgan fingerprint density at radius 1 is 1.42 bits per heavy atom. The fraction of sp³-hybridized carbons (Fsp3) is 0.591. The molecule has 1 aliphatic carbocycles. The Labute approximate surface area is 154 Å². The summed E-state index contributed by atoms with van der Waals surface area (Å²) < 4.78 is 5.47. The lowest BCUT2D eigenvalue weighted by atomic mass is 9.55. The largest absolute Gasteiger partial charge is 0.497 e. The van der Waals surface area contributed by atoms with Crippen molar-refractivity contribution in [2.75, 3.05) is 20.2 Å². The van der Waals surface area contributed by atoms with Gasteiger partial charge >= 0.3 is 0 Å². The van der Waals surface area contributed by atoms with Gasteiger partial charge in [0.1, 0.15) is 11.5 Å². The molecular weight excluding hydrogens is 324 g/mol. The van der Waals surface area contributed by atoms with Gasteiger partial charge in [0.25, 0.3) is 0 Å². The van der Waals surface area contributed by atoms with Gasteiger partial charge in [0.15, 0.2) is 0 Å². The summed E-state index contributed by atoms with van der Waals surface area (Å²) in [6, 6.07) is 6.60. The predicted molar refractivity (Wildman–Crippen MR) is 103 cm³/mol. The summed E-state index contributed by atoms with van der Waals surface area (Å²) in [5.41, 5.74) is 3.34. The van der Waals surface area contributed by atoms with Crippen molar-refractivity contribution in [1.29, 1.82) is 0 Å².